The Labute approximate surface area is 122 Å². The Morgan fingerprint density at radius 3 is 2.70 bits per heavy atom. The van der Waals surface area contributed by atoms with Crippen molar-refractivity contribution in [2.75, 3.05) is 11.6 Å². The molecule has 104 valence electrons. The van der Waals surface area contributed by atoms with Gasteiger partial charge in [0, 0.05) is 6.54 Å². The van der Waals surface area contributed by atoms with Crippen LogP contribution in [0.4, 0.5) is 11.5 Å². The van der Waals surface area contributed by atoms with Gasteiger partial charge in [-0.1, -0.05) is 0 Å². The van der Waals surface area contributed by atoms with Gasteiger partial charge in [0.15, 0.2) is 5.82 Å². The van der Waals surface area contributed by atoms with Crippen molar-refractivity contribution in [2.24, 2.45) is 0 Å². The highest BCUT2D eigenvalue weighted by molar-refractivity contribution is 7.98. The van der Waals surface area contributed by atoms with Crippen molar-refractivity contribution in [1.29, 1.82) is 5.26 Å². The molecule has 0 radical (unpaired) electrons. The Bertz CT molecular complexity index is 670. The molecule has 0 aliphatic carbocycles. The number of rotatable bonds is 4. The third-order valence-electron chi connectivity index (χ3n) is 3.04. The standard InChI is InChI=1S/C13H16N6S/c1-5-19-9(3)11(8(2)18-19)17-12-10(6-14)13(20-4)16-7-15-12/h7H,5H2,1-4H3,(H,15,16,17). The molecule has 0 aliphatic rings. The van der Waals surface area contributed by atoms with Crippen molar-refractivity contribution >= 4 is 23.3 Å². The van der Waals surface area contributed by atoms with E-state index in [4.69, 9.17) is 0 Å². The lowest BCUT2D eigenvalue weighted by molar-refractivity contribution is 0.634. The minimum atomic E-state index is 0.461. The quantitative estimate of drug-likeness (QED) is 0.688. The maximum absolute atomic E-state index is 9.29. The second-order valence-electron chi connectivity index (χ2n) is 4.20. The number of nitrogens with one attached hydrogen (secondary N) is 1. The van der Waals surface area contributed by atoms with Crippen LogP contribution in [-0.2, 0) is 6.54 Å². The van der Waals surface area contributed by atoms with Crippen LogP contribution >= 0.6 is 11.8 Å². The Hall–Kier alpha value is -2.07. The second-order valence-corrected chi connectivity index (χ2v) is 5.00. The highest BCUT2D eigenvalue weighted by atomic mass is 32.2. The van der Waals surface area contributed by atoms with Crippen molar-refractivity contribution in [3.8, 4) is 6.07 Å². The molecule has 0 saturated carbocycles. The van der Waals surface area contributed by atoms with Crippen LogP contribution in [0.15, 0.2) is 11.4 Å². The minimum absolute atomic E-state index is 0.461. The fourth-order valence-corrected chi connectivity index (χ4v) is 2.52. The van der Waals surface area contributed by atoms with Gasteiger partial charge in [0.1, 0.15) is 23.0 Å². The van der Waals surface area contributed by atoms with Gasteiger partial charge in [-0.2, -0.15) is 10.4 Å². The van der Waals surface area contributed by atoms with Crippen LogP contribution in [0.1, 0.15) is 23.9 Å². The Balaban J connectivity index is 2.46. The fourth-order valence-electron chi connectivity index (χ4n) is 2.02. The summed E-state index contributed by atoms with van der Waals surface area (Å²) >= 11 is 1.43. The summed E-state index contributed by atoms with van der Waals surface area (Å²) in [6, 6.07) is 2.16. The molecule has 2 rings (SSSR count). The summed E-state index contributed by atoms with van der Waals surface area (Å²) in [4.78, 5) is 8.28. The lowest BCUT2D eigenvalue weighted by Crippen LogP contribution is -2.02. The van der Waals surface area contributed by atoms with Crippen LogP contribution in [-0.4, -0.2) is 26.0 Å². The van der Waals surface area contributed by atoms with Gasteiger partial charge in [0.2, 0.25) is 0 Å². The molecule has 6 nitrogen and oxygen atoms in total. The molecular formula is C13H16N6S. The minimum Gasteiger partial charge on any atom is -0.336 e. The smallest absolute Gasteiger partial charge is 0.153 e. The van der Waals surface area contributed by atoms with E-state index in [1.54, 1.807) is 0 Å². The van der Waals surface area contributed by atoms with Crippen molar-refractivity contribution in [2.45, 2.75) is 32.3 Å². The number of nitrogens with zero attached hydrogens (tertiary/aromatic N) is 5. The van der Waals surface area contributed by atoms with Gasteiger partial charge in [0.05, 0.1) is 17.1 Å². The van der Waals surface area contributed by atoms with Crippen LogP contribution in [0.25, 0.3) is 0 Å². The van der Waals surface area contributed by atoms with Gasteiger partial charge in [-0.25, -0.2) is 9.97 Å². The molecule has 0 unspecified atom stereocenters. The van der Waals surface area contributed by atoms with E-state index in [1.807, 2.05) is 31.7 Å². The molecule has 7 heteroatoms. The third-order valence-corrected chi connectivity index (χ3v) is 3.74. The summed E-state index contributed by atoms with van der Waals surface area (Å²) in [5, 5.41) is 17.6. The van der Waals surface area contributed by atoms with Crippen LogP contribution in [0, 0.1) is 25.2 Å². The fraction of sp³-hybridized carbons (Fsp3) is 0.385. The van der Waals surface area contributed by atoms with Gasteiger partial charge in [-0.05, 0) is 27.0 Å². The topological polar surface area (TPSA) is 79.4 Å². The largest absolute Gasteiger partial charge is 0.336 e. The van der Waals surface area contributed by atoms with Crippen molar-refractivity contribution in [3.05, 3.63) is 23.3 Å². The predicted octanol–water partition coefficient (Wildman–Crippen LogP) is 2.65. The molecule has 2 aromatic rings. The van der Waals surface area contributed by atoms with Gasteiger partial charge >= 0.3 is 0 Å². The Morgan fingerprint density at radius 1 is 1.40 bits per heavy atom. The summed E-state index contributed by atoms with van der Waals surface area (Å²) in [5.74, 6) is 0.522. The van der Waals surface area contributed by atoms with E-state index in [0.29, 0.717) is 16.4 Å². The zero-order valence-corrected chi connectivity index (χ0v) is 12.7. The molecule has 0 saturated heterocycles. The summed E-state index contributed by atoms with van der Waals surface area (Å²) < 4.78 is 1.92. The van der Waals surface area contributed by atoms with Gasteiger partial charge < -0.3 is 5.32 Å². The summed E-state index contributed by atoms with van der Waals surface area (Å²) in [5.41, 5.74) is 3.27. The van der Waals surface area contributed by atoms with Crippen molar-refractivity contribution in [3.63, 3.8) is 0 Å². The summed E-state index contributed by atoms with van der Waals surface area (Å²) in [7, 11) is 0. The van der Waals surface area contributed by atoms with Crippen LogP contribution < -0.4 is 5.32 Å². The first-order valence-corrected chi connectivity index (χ1v) is 7.44. The van der Waals surface area contributed by atoms with Crippen LogP contribution in [0.2, 0.25) is 0 Å². The van der Waals surface area contributed by atoms with E-state index in [-0.39, 0.29) is 0 Å². The molecule has 0 atom stereocenters. The maximum atomic E-state index is 9.29. The molecular weight excluding hydrogens is 272 g/mol. The molecule has 0 aliphatic heterocycles. The number of hydrogen-bond donors (Lipinski definition) is 1. The van der Waals surface area contributed by atoms with Crippen LogP contribution in [0.3, 0.4) is 0 Å². The third kappa shape index (κ3) is 2.47. The summed E-state index contributed by atoms with van der Waals surface area (Å²) in [6.07, 6.45) is 3.35. The maximum Gasteiger partial charge on any atom is 0.153 e. The second kappa shape index (κ2) is 5.92. The number of thioether (sulfide) groups is 1. The Morgan fingerprint density at radius 2 is 2.15 bits per heavy atom. The average Bonchev–Trinajstić information content (AvgIpc) is 2.74. The molecule has 2 aromatic heterocycles. The predicted molar refractivity (Wildman–Crippen MR) is 79.2 cm³/mol. The SMILES string of the molecule is CCn1nc(C)c(Nc2ncnc(SC)c2C#N)c1C. The van der Waals surface area contributed by atoms with E-state index in [9.17, 15) is 5.26 Å². The zero-order valence-electron chi connectivity index (χ0n) is 11.9. The molecule has 20 heavy (non-hydrogen) atoms. The van der Waals surface area contributed by atoms with Crippen molar-refractivity contribution < 1.29 is 0 Å². The number of nitriles is 1. The number of aryl methyl sites for hydroxylation is 2. The highest BCUT2D eigenvalue weighted by Gasteiger charge is 2.15. The first-order chi connectivity index (χ1) is 9.62. The highest BCUT2D eigenvalue weighted by Crippen LogP contribution is 2.28. The normalized spacial score (nSPS) is 10.3. The first kappa shape index (κ1) is 14.3. The zero-order chi connectivity index (χ0) is 14.7. The number of anilines is 2. The molecule has 0 spiro atoms. The van der Waals surface area contributed by atoms with Crippen molar-refractivity contribution in [1.82, 2.24) is 19.7 Å². The first-order valence-electron chi connectivity index (χ1n) is 6.22. The van der Waals surface area contributed by atoms with Gasteiger partial charge in [-0.3, -0.25) is 4.68 Å². The van der Waals surface area contributed by atoms with E-state index in [1.165, 1.54) is 18.1 Å². The summed E-state index contributed by atoms with van der Waals surface area (Å²) in [6.45, 7) is 6.78. The molecule has 1 N–H and O–H groups in total. The van der Waals surface area contributed by atoms with Gasteiger partial charge in [-0.15, -0.1) is 11.8 Å². The lowest BCUT2D eigenvalue weighted by atomic mass is 10.2. The molecule has 0 fully saturated rings. The van der Waals surface area contributed by atoms with E-state index in [2.05, 4.69) is 26.5 Å². The Kier molecular flexibility index (Phi) is 4.25. The molecule has 0 aromatic carbocycles. The molecule has 0 amide bonds. The number of hydrogen-bond acceptors (Lipinski definition) is 6. The monoisotopic (exact) mass is 288 g/mol. The van der Waals surface area contributed by atoms with E-state index in [0.717, 1.165) is 23.6 Å². The number of aromatic nitrogens is 4. The van der Waals surface area contributed by atoms with Gasteiger partial charge in [0.25, 0.3) is 0 Å². The molecule has 2 heterocycles. The molecule has 0 bridgehead atoms. The lowest BCUT2D eigenvalue weighted by Gasteiger charge is -2.09. The van der Waals surface area contributed by atoms with E-state index >= 15 is 0 Å². The van der Waals surface area contributed by atoms with Crippen LogP contribution in [0.5, 0.6) is 0 Å². The average molecular weight is 288 g/mol. The van der Waals surface area contributed by atoms with E-state index < -0.39 is 0 Å².